The van der Waals surface area contributed by atoms with E-state index in [4.69, 9.17) is 0 Å². The first kappa shape index (κ1) is 12.8. The fourth-order valence-electron chi connectivity index (χ4n) is 2.45. The van der Waals surface area contributed by atoms with Gasteiger partial charge in [-0.25, -0.2) is 0 Å². The van der Waals surface area contributed by atoms with E-state index in [-0.39, 0.29) is 6.04 Å². The van der Waals surface area contributed by atoms with Crippen LogP contribution in [-0.2, 0) is 4.79 Å². The molecule has 18 heavy (non-hydrogen) atoms. The van der Waals surface area contributed by atoms with Crippen molar-refractivity contribution in [1.82, 2.24) is 5.32 Å². The molecular weight excluding hydrogens is 226 g/mol. The quantitative estimate of drug-likeness (QED) is 0.657. The van der Waals surface area contributed by atoms with Crippen molar-refractivity contribution in [2.24, 2.45) is 0 Å². The summed E-state index contributed by atoms with van der Waals surface area (Å²) in [6.07, 6.45) is 5.50. The summed E-state index contributed by atoms with van der Waals surface area (Å²) in [6, 6.07) is 7.39. The SMILES string of the molecule is Cc1ccccc1C(=O)C(=O)NC1CCCCC1. The van der Waals surface area contributed by atoms with Crippen LogP contribution in [-0.4, -0.2) is 17.7 Å². The smallest absolute Gasteiger partial charge is 0.292 e. The summed E-state index contributed by atoms with van der Waals surface area (Å²) in [5.41, 5.74) is 1.35. The van der Waals surface area contributed by atoms with Gasteiger partial charge in [-0.2, -0.15) is 0 Å². The second-order valence-corrected chi connectivity index (χ2v) is 4.95. The summed E-state index contributed by atoms with van der Waals surface area (Å²) in [4.78, 5) is 23.9. The Morgan fingerprint density at radius 2 is 1.78 bits per heavy atom. The van der Waals surface area contributed by atoms with E-state index in [0.717, 1.165) is 31.2 Å². The van der Waals surface area contributed by atoms with Crippen molar-refractivity contribution < 1.29 is 9.59 Å². The average molecular weight is 245 g/mol. The summed E-state index contributed by atoms with van der Waals surface area (Å²) >= 11 is 0. The molecule has 1 saturated carbocycles. The lowest BCUT2D eigenvalue weighted by Gasteiger charge is -2.22. The molecule has 3 heteroatoms. The van der Waals surface area contributed by atoms with Crippen molar-refractivity contribution in [3.63, 3.8) is 0 Å². The zero-order valence-corrected chi connectivity index (χ0v) is 10.7. The minimum absolute atomic E-state index is 0.180. The van der Waals surface area contributed by atoms with E-state index in [9.17, 15) is 9.59 Å². The molecule has 0 aliphatic heterocycles. The molecule has 0 bridgehead atoms. The van der Waals surface area contributed by atoms with Crippen molar-refractivity contribution in [2.45, 2.75) is 45.1 Å². The molecule has 0 aromatic heterocycles. The Balaban J connectivity index is 2.00. The Morgan fingerprint density at radius 3 is 2.44 bits per heavy atom. The molecule has 2 rings (SSSR count). The lowest BCUT2D eigenvalue weighted by atomic mass is 9.95. The zero-order valence-electron chi connectivity index (χ0n) is 10.7. The third-order valence-corrected chi connectivity index (χ3v) is 3.54. The standard InChI is InChI=1S/C15H19NO2/c1-11-7-5-6-10-13(11)14(17)15(18)16-12-8-3-2-4-9-12/h5-7,10,12H,2-4,8-9H2,1H3,(H,16,18). The second-order valence-electron chi connectivity index (χ2n) is 4.95. The topological polar surface area (TPSA) is 46.2 Å². The number of carbonyl (C=O) groups excluding carboxylic acids is 2. The minimum Gasteiger partial charge on any atom is -0.346 e. The van der Waals surface area contributed by atoms with Crippen molar-refractivity contribution in [3.8, 4) is 0 Å². The van der Waals surface area contributed by atoms with Crippen LogP contribution < -0.4 is 5.32 Å². The Bertz CT molecular complexity index is 448. The van der Waals surface area contributed by atoms with Crippen molar-refractivity contribution in [3.05, 3.63) is 35.4 Å². The lowest BCUT2D eigenvalue weighted by molar-refractivity contribution is -0.117. The van der Waals surface area contributed by atoms with Gasteiger partial charge in [-0.3, -0.25) is 9.59 Å². The summed E-state index contributed by atoms with van der Waals surface area (Å²) in [6.45, 7) is 1.85. The number of nitrogens with one attached hydrogen (secondary N) is 1. The summed E-state index contributed by atoms with van der Waals surface area (Å²) in [7, 11) is 0. The lowest BCUT2D eigenvalue weighted by Crippen LogP contribution is -2.40. The predicted molar refractivity (Wildman–Crippen MR) is 70.5 cm³/mol. The number of hydrogen-bond donors (Lipinski definition) is 1. The Labute approximate surface area is 108 Å². The zero-order chi connectivity index (χ0) is 13.0. The molecule has 0 unspecified atom stereocenters. The molecule has 0 atom stereocenters. The first-order chi connectivity index (χ1) is 8.68. The number of aryl methyl sites for hydroxylation is 1. The van der Waals surface area contributed by atoms with Gasteiger partial charge in [-0.05, 0) is 25.3 Å². The van der Waals surface area contributed by atoms with Gasteiger partial charge in [-0.1, -0.05) is 43.5 Å². The summed E-state index contributed by atoms with van der Waals surface area (Å²) < 4.78 is 0. The number of hydrogen-bond acceptors (Lipinski definition) is 2. The monoisotopic (exact) mass is 245 g/mol. The van der Waals surface area contributed by atoms with E-state index in [0.29, 0.717) is 5.56 Å². The highest BCUT2D eigenvalue weighted by Gasteiger charge is 2.22. The molecule has 1 amide bonds. The highest BCUT2D eigenvalue weighted by atomic mass is 16.2. The third-order valence-electron chi connectivity index (χ3n) is 3.54. The number of amides is 1. The fraction of sp³-hybridized carbons (Fsp3) is 0.467. The fourth-order valence-corrected chi connectivity index (χ4v) is 2.45. The average Bonchev–Trinajstić information content (AvgIpc) is 2.39. The number of rotatable bonds is 3. The van der Waals surface area contributed by atoms with Crippen LogP contribution in [0.1, 0.15) is 48.0 Å². The van der Waals surface area contributed by atoms with Gasteiger partial charge in [0.05, 0.1) is 0 Å². The van der Waals surface area contributed by atoms with Gasteiger partial charge in [0.15, 0.2) is 0 Å². The van der Waals surface area contributed by atoms with Gasteiger partial charge in [0.1, 0.15) is 0 Å². The number of carbonyl (C=O) groups is 2. The van der Waals surface area contributed by atoms with E-state index in [1.54, 1.807) is 12.1 Å². The number of benzene rings is 1. The highest BCUT2D eigenvalue weighted by Crippen LogP contribution is 2.17. The predicted octanol–water partition coefficient (Wildman–Crippen LogP) is 2.63. The van der Waals surface area contributed by atoms with Crippen LogP contribution in [0.15, 0.2) is 24.3 Å². The van der Waals surface area contributed by atoms with E-state index in [2.05, 4.69) is 5.32 Å². The van der Waals surface area contributed by atoms with Crippen LogP contribution in [0, 0.1) is 6.92 Å². The van der Waals surface area contributed by atoms with Crippen LogP contribution in [0.25, 0.3) is 0 Å². The van der Waals surface area contributed by atoms with Crippen LogP contribution in [0.5, 0.6) is 0 Å². The van der Waals surface area contributed by atoms with E-state index in [1.807, 2.05) is 19.1 Å². The molecule has 96 valence electrons. The third kappa shape index (κ3) is 2.97. The van der Waals surface area contributed by atoms with Crippen molar-refractivity contribution in [1.29, 1.82) is 0 Å². The molecule has 3 nitrogen and oxygen atoms in total. The molecule has 1 aliphatic carbocycles. The molecular formula is C15H19NO2. The maximum atomic E-state index is 12.0. The number of Topliss-reactive ketones (excluding diaryl/α,β-unsaturated/α-hetero) is 1. The molecule has 0 heterocycles. The Morgan fingerprint density at radius 1 is 1.11 bits per heavy atom. The molecule has 0 saturated heterocycles. The van der Waals surface area contributed by atoms with Gasteiger partial charge in [0.25, 0.3) is 5.91 Å². The van der Waals surface area contributed by atoms with Crippen molar-refractivity contribution in [2.75, 3.05) is 0 Å². The molecule has 0 spiro atoms. The van der Waals surface area contributed by atoms with E-state index < -0.39 is 11.7 Å². The first-order valence-electron chi connectivity index (χ1n) is 6.59. The minimum atomic E-state index is -0.462. The maximum Gasteiger partial charge on any atom is 0.292 e. The van der Waals surface area contributed by atoms with Crippen molar-refractivity contribution >= 4 is 11.7 Å². The molecule has 1 aliphatic rings. The summed E-state index contributed by atoms with van der Waals surface area (Å²) in [5, 5.41) is 2.86. The van der Waals surface area contributed by atoms with Crippen LogP contribution in [0.2, 0.25) is 0 Å². The molecule has 1 N–H and O–H groups in total. The van der Waals surface area contributed by atoms with Crippen LogP contribution >= 0.6 is 0 Å². The van der Waals surface area contributed by atoms with Gasteiger partial charge in [0.2, 0.25) is 5.78 Å². The Kier molecular flexibility index (Phi) is 4.13. The van der Waals surface area contributed by atoms with Gasteiger partial charge in [0, 0.05) is 11.6 Å². The van der Waals surface area contributed by atoms with Gasteiger partial charge in [-0.15, -0.1) is 0 Å². The van der Waals surface area contributed by atoms with Gasteiger partial charge < -0.3 is 5.32 Å². The first-order valence-corrected chi connectivity index (χ1v) is 6.59. The normalized spacial score (nSPS) is 16.3. The molecule has 1 fully saturated rings. The second kappa shape index (κ2) is 5.80. The van der Waals surface area contributed by atoms with E-state index >= 15 is 0 Å². The molecule has 1 aromatic carbocycles. The highest BCUT2D eigenvalue weighted by molar-refractivity contribution is 6.43. The van der Waals surface area contributed by atoms with E-state index in [1.165, 1.54) is 6.42 Å². The summed E-state index contributed by atoms with van der Waals surface area (Å²) in [5.74, 6) is -0.880. The van der Waals surface area contributed by atoms with Crippen LogP contribution in [0.4, 0.5) is 0 Å². The van der Waals surface area contributed by atoms with Crippen LogP contribution in [0.3, 0.4) is 0 Å². The Hall–Kier alpha value is -1.64. The van der Waals surface area contributed by atoms with Gasteiger partial charge >= 0.3 is 0 Å². The number of ketones is 1. The maximum absolute atomic E-state index is 12.0. The molecule has 1 aromatic rings. The molecule has 0 radical (unpaired) electrons. The largest absolute Gasteiger partial charge is 0.346 e.